The molecule has 1 fully saturated rings. The second kappa shape index (κ2) is 4.30. The maximum atomic E-state index is 11.3. The summed E-state index contributed by atoms with van der Waals surface area (Å²) in [5, 5.41) is 2.79. The predicted molar refractivity (Wildman–Crippen MR) is 62.6 cm³/mol. The first-order chi connectivity index (χ1) is 7.70. The lowest BCUT2D eigenvalue weighted by Gasteiger charge is -2.28. The van der Waals surface area contributed by atoms with E-state index in [0.717, 1.165) is 12.2 Å². The summed E-state index contributed by atoms with van der Waals surface area (Å²) in [6.07, 6.45) is 0. The summed E-state index contributed by atoms with van der Waals surface area (Å²) in [5.41, 5.74) is 7.30. The van der Waals surface area contributed by atoms with Gasteiger partial charge in [0.15, 0.2) is 0 Å². The van der Waals surface area contributed by atoms with Gasteiger partial charge in [0.1, 0.15) is 5.75 Å². The topological polar surface area (TPSA) is 67.6 Å². The van der Waals surface area contributed by atoms with Gasteiger partial charge in [-0.05, 0) is 12.1 Å². The molecule has 1 aromatic carbocycles. The van der Waals surface area contributed by atoms with Crippen LogP contribution in [0.15, 0.2) is 18.2 Å². The molecule has 1 saturated heterocycles. The first-order valence-corrected chi connectivity index (χ1v) is 5.16. The van der Waals surface area contributed by atoms with E-state index in [1.807, 2.05) is 17.0 Å². The fourth-order valence-electron chi connectivity index (χ4n) is 1.76. The van der Waals surface area contributed by atoms with Crippen molar-refractivity contribution in [2.75, 3.05) is 37.4 Å². The highest BCUT2D eigenvalue weighted by Crippen LogP contribution is 2.27. The molecule has 1 amide bonds. The third-order valence-corrected chi connectivity index (χ3v) is 2.62. The molecular weight excluding hydrogens is 206 g/mol. The first kappa shape index (κ1) is 10.6. The number of amides is 1. The minimum Gasteiger partial charge on any atom is -0.495 e. The second-order valence-electron chi connectivity index (χ2n) is 3.70. The monoisotopic (exact) mass is 221 g/mol. The van der Waals surface area contributed by atoms with Crippen LogP contribution in [0.3, 0.4) is 0 Å². The van der Waals surface area contributed by atoms with Gasteiger partial charge in [-0.1, -0.05) is 0 Å². The fourth-order valence-corrected chi connectivity index (χ4v) is 1.76. The van der Waals surface area contributed by atoms with Crippen LogP contribution in [0.1, 0.15) is 0 Å². The molecular formula is C11H15N3O2. The van der Waals surface area contributed by atoms with Gasteiger partial charge in [0.25, 0.3) is 0 Å². The lowest BCUT2D eigenvalue weighted by Crippen LogP contribution is -2.47. The lowest BCUT2D eigenvalue weighted by atomic mass is 10.2. The van der Waals surface area contributed by atoms with Gasteiger partial charge >= 0.3 is 0 Å². The number of carbonyl (C=O) groups is 1. The Labute approximate surface area is 94.2 Å². The second-order valence-corrected chi connectivity index (χ2v) is 3.70. The quantitative estimate of drug-likeness (QED) is 0.701. The van der Waals surface area contributed by atoms with E-state index in [1.54, 1.807) is 13.2 Å². The van der Waals surface area contributed by atoms with Gasteiger partial charge in [-0.2, -0.15) is 0 Å². The number of nitrogens with one attached hydrogen (secondary N) is 1. The van der Waals surface area contributed by atoms with Gasteiger partial charge in [-0.25, -0.2) is 0 Å². The molecule has 0 bridgehead atoms. The summed E-state index contributed by atoms with van der Waals surface area (Å²) in [5.74, 6) is 0.686. The van der Waals surface area contributed by atoms with E-state index in [0.29, 0.717) is 24.5 Å². The van der Waals surface area contributed by atoms with Crippen LogP contribution in [0.2, 0.25) is 0 Å². The summed E-state index contributed by atoms with van der Waals surface area (Å²) < 4.78 is 5.15. The van der Waals surface area contributed by atoms with Crippen molar-refractivity contribution in [3.05, 3.63) is 18.2 Å². The van der Waals surface area contributed by atoms with Crippen LogP contribution < -0.4 is 20.7 Å². The molecule has 1 aromatic rings. The molecule has 5 heteroatoms. The van der Waals surface area contributed by atoms with Gasteiger partial charge in [-0.3, -0.25) is 4.79 Å². The Bertz CT molecular complexity index is 406. The average molecular weight is 221 g/mol. The van der Waals surface area contributed by atoms with Gasteiger partial charge in [-0.15, -0.1) is 0 Å². The van der Waals surface area contributed by atoms with E-state index in [2.05, 4.69) is 5.32 Å². The number of anilines is 2. The van der Waals surface area contributed by atoms with E-state index in [-0.39, 0.29) is 5.91 Å². The SMILES string of the molecule is COc1cc(N2CCNC(=O)C2)ccc1N. The molecule has 0 saturated carbocycles. The normalized spacial score (nSPS) is 15.8. The van der Waals surface area contributed by atoms with E-state index >= 15 is 0 Å². The van der Waals surface area contributed by atoms with Crippen molar-refractivity contribution in [1.82, 2.24) is 5.32 Å². The van der Waals surface area contributed by atoms with E-state index < -0.39 is 0 Å². The van der Waals surface area contributed by atoms with Crippen LogP contribution in [0.25, 0.3) is 0 Å². The van der Waals surface area contributed by atoms with E-state index in [4.69, 9.17) is 10.5 Å². The molecule has 0 aromatic heterocycles. The highest BCUT2D eigenvalue weighted by atomic mass is 16.5. The number of carbonyl (C=O) groups excluding carboxylic acids is 1. The molecule has 0 spiro atoms. The summed E-state index contributed by atoms with van der Waals surface area (Å²) in [7, 11) is 1.58. The number of nitrogens with two attached hydrogens (primary N) is 1. The lowest BCUT2D eigenvalue weighted by molar-refractivity contribution is -0.120. The highest BCUT2D eigenvalue weighted by Gasteiger charge is 2.17. The standard InChI is InChI=1S/C11H15N3O2/c1-16-10-6-8(2-3-9(10)12)14-5-4-13-11(15)7-14/h2-3,6H,4-5,7,12H2,1H3,(H,13,15). The molecule has 1 aliphatic rings. The number of ether oxygens (including phenoxy) is 1. The number of methoxy groups -OCH3 is 1. The maximum Gasteiger partial charge on any atom is 0.239 e. The molecule has 1 heterocycles. The number of piperazine rings is 1. The van der Waals surface area contributed by atoms with Crippen molar-refractivity contribution < 1.29 is 9.53 Å². The number of benzene rings is 1. The molecule has 0 aliphatic carbocycles. The van der Waals surface area contributed by atoms with E-state index in [1.165, 1.54) is 0 Å². The Morgan fingerprint density at radius 1 is 1.50 bits per heavy atom. The zero-order chi connectivity index (χ0) is 11.5. The van der Waals surface area contributed by atoms with Crippen molar-refractivity contribution in [2.45, 2.75) is 0 Å². The van der Waals surface area contributed by atoms with Crippen molar-refractivity contribution >= 4 is 17.3 Å². The molecule has 86 valence electrons. The molecule has 0 atom stereocenters. The van der Waals surface area contributed by atoms with Crippen LogP contribution in [0.5, 0.6) is 5.75 Å². The van der Waals surface area contributed by atoms with Gasteiger partial charge in [0, 0.05) is 24.8 Å². The molecule has 3 N–H and O–H groups in total. The van der Waals surface area contributed by atoms with E-state index in [9.17, 15) is 4.79 Å². The summed E-state index contributed by atoms with van der Waals surface area (Å²) in [6.45, 7) is 1.86. The highest BCUT2D eigenvalue weighted by molar-refractivity contribution is 5.83. The van der Waals surface area contributed by atoms with Crippen molar-refractivity contribution in [3.8, 4) is 5.75 Å². The maximum absolute atomic E-state index is 11.3. The first-order valence-electron chi connectivity index (χ1n) is 5.16. The van der Waals surface area contributed by atoms with Crippen LogP contribution in [-0.4, -0.2) is 32.7 Å². The molecule has 0 radical (unpaired) electrons. The average Bonchev–Trinajstić information content (AvgIpc) is 2.29. The fraction of sp³-hybridized carbons (Fsp3) is 0.364. The predicted octanol–water partition coefficient (Wildman–Crippen LogP) is 0.214. The molecule has 1 aliphatic heterocycles. The number of hydrogen-bond acceptors (Lipinski definition) is 4. The Balaban J connectivity index is 2.22. The van der Waals surface area contributed by atoms with Gasteiger partial charge < -0.3 is 20.7 Å². The minimum absolute atomic E-state index is 0.0436. The van der Waals surface area contributed by atoms with Gasteiger partial charge in [0.05, 0.1) is 19.3 Å². The Hall–Kier alpha value is -1.91. The molecule has 2 rings (SSSR count). The molecule has 5 nitrogen and oxygen atoms in total. The third kappa shape index (κ3) is 2.03. The van der Waals surface area contributed by atoms with Crippen molar-refractivity contribution in [2.24, 2.45) is 0 Å². The van der Waals surface area contributed by atoms with Crippen LogP contribution in [0, 0.1) is 0 Å². The van der Waals surface area contributed by atoms with Crippen LogP contribution in [-0.2, 0) is 4.79 Å². The number of nitrogens with zero attached hydrogens (tertiary/aromatic N) is 1. The van der Waals surface area contributed by atoms with Crippen LogP contribution in [0.4, 0.5) is 11.4 Å². The number of nitrogen functional groups attached to an aromatic ring is 1. The zero-order valence-corrected chi connectivity index (χ0v) is 9.19. The Kier molecular flexibility index (Phi) is 2.85. The summed E-state index contributed by atoms with van der Waals surface area (Å²) >= 11 is 0. The van der Waals surface area contributed by atoms with Crippen molar-refractivity contribution in [1.29, 1.82) is 0 Å². The van der Waals surface area contributed by atoms with Gasteiger partial charge in [0.2, 0.25) is 5.91 Å². The smallest absolute Gasteiger partial charge is 0.239 e. The largest absolute Gasteiger partial charge is 0.495 e. The Morgan fingerprint density at radius 2 is 2.31 bits per heavy atom. The minimum atomic E-state index is 0.0436. The molecule has 16 heavy (non-hydrogen) atoms. The Morgan fingerprint density at radius 3 is 3.00 bits per heavy atom. The summed E-state index contributed by atoms with van der Waals surface area (Å²) in [4.78, 5) is 13.3. The number of rotatable bonds is 2. The van der Waals surface area contributed by atoms with Crippen molar-refractivity contribution in [3.63, 3.8) is 0 Å². The number of hydrogen-bond donors (Lipinski definition) is 2. The third-order valence-electron chi connectivity index (χ3n) is 2.62. The van der Waals surface area contributed by atoms with Crippen LogP contribution >= 0.6 is 0 Å². The molecule has 0 unspecified atom stereocenters. The summed E-state index contributed by atoms with van der Waals surface area (Å²) in [6, 6.07) is 5.55. The zero-order valence-electron chi connectivity index (χ0n) is 9.19.